The van der Waals surface area contributed by atoms with Crippen molar-refractivity contribution in [3.05, 3.63) is 71.0 Å². The zero-order valence-corrected chi connectivity index (χ0v) is 14.0. The maximum Gasteiger partial charge on any atom is 0.251 e. The number of likely N-dealkylation sites (tertiary alicyclic amines) is 1. The summed E-state index contributed by atoms with van der Waals surface area (Å²) < 4.78 is 13.0. The number of amides is 1. The molecule has 1 atom stereocenters. The van der Waals surface area contributed by atoms with Crippen LogP contribution < -0.4 is 5.32 Å². The molecule has 1 aliphatic rings. The van der Waals surface area contributed by atoms with Gasteiger partial charge in [-0.2, -0.15) is 0 Å². The number of hydrogen-bond donors (Lipinski definition) is 1. The first-order chi connectivity index (χ1) is 11.6. The SMILES string of the molecule is CC(NC(=O)c1ccc(CN2CCCC2)cc1)c1ccc(F)cc1. The van der Waals surface area contributed by atoms with Gasteiger partial charge in [0.25, 0.3) is 5.91 Å². The van der Waals surface area contributed by atoms with Crippen LogP contribution in [0.2, 0.25) is 0 Å². The summed E-state index contributed by atoms with van der Waals surface area (Å²) in [5.41, 5.74) is 2.77. The average Bonchev–Trinajstić information content (AvgIpc) is 3.09. The summed E-state index contributed by atoms with van der Waals surface area (Å²) in [6.07, 6.45) is 2.56. The molecular formula is C20H23FN2O. The van der Waals surface area contributed by atoms with Gasteiger partial charge in [-0.3, -0.25) is 9.69 Å². The molecule has 1 amide bonds. The molecule has 0 bridgehead atoms. The van der Waals surface area contributed by atoms with Crippen molar-refractivity contribution >= 4 is 5.91 Å². The van der Waals surface area contributed by atoms with E-state index < -0.39 is 0 Å². The van der Waals surface area contributed by atoms with E-state index in [4.69, 9.17) is 0 Å². The molecule has 0 aromatic heterocycles. The zero-order chi connectivity index (χ0) is 16.9. The summed E-state index contributed by atoms with van der Waals surface area (Å²) in [7, 11) is 0. The second-order valence-electron chi connectivity index (χ2n) is 6.43. The number of carbonyl (C=O) groups excluding carboxylic acids is 1. The number of halogens is 1. The molecule has 4 heteroatoms. The highest BCUT2D eigenvalue weighted by Gasteiger charge is 2.14. The summed E-state index contributed by atoms with van der Waals surface area (Å²) in [4.78, 5) is 14.8. The fourth-order valence-corrected chi connectivity index (χ4v) is 3.08. The Hall–Kier alpha value is -2.20. The van der Waals surface area contributed by atoms with Gasteiger partial charge in [0.2, 0.25) is 0 Å². The summed E-state index contributed by atoms with van der Waals surface area (Å²) in [5, 5.41) is 2.95. The number of nitrogens with one attached hydrogen (secondary N) is 1. The van der Waals surface area contributed by atoms with Crippen LogP contribution in [0.25, 0.3) is 0 Å². The summed E-state index contributed by atoms with van der Waals surface area (Å²) in [6.45, 7) is 5.18. The van der Waals surface area contributed by atoms with E-state index in [0.717, 1.165) is 25.2 Å². The quantitative estimate of drug-likeness (QED) is 0.903. The van der Waals surface area contributed by atoms with Crippen LogP contribution in [-0.4, -0.2) is 23.9 Å². The maximum absolute atomic E-state index is 13.0. The molecule has 2 aromatic rings. The molecule has 126 valence electrons. The first-order valence-electron chi connectivity index (χ1n) is 8.49. The monoisotopic (exact) mass is 326 g/mol. The molecule has 1 unspecified atom stereocenters. The van der Waals surface area contributed by atoms with E-state index in [1.807, 2.05) is 31.2 Å². The Morgan fingerprint density at radius 3 is 2.33 bits per heavy atom. The van der Waals surface area contributed by atoms with E-state index in [9.17, 15) is 9.18 Å². The van der Waals surface area contributed by atoms with Crippen LogP contribution in [0.3, 0.4) is 0 Å². The molecule has 1 fully saturated rings. The Labute approximate surface area is 142 Å². The van der Waals surface area contributed by atoms with E-state index in [2.05, 4.69) is 10.2 Å². The third-order valence-corrected chi connectivity index (χ3v) is 4.54. The van der Waals surface area contributed by atoms with Crippen LogP contribution in [0.15, 0.2) is 48.5 Å². The second-order valence-corrected chi connectivity index (χ2v) is 6.43. The summed E-state index contributed by atoms with van der Waals surface area (Å²) in [6, 6.07) is 13.8. The normalized spacial score (nSPS) is 16.1. The van der Waals surface area contributed by atoms with Crippen molar-refractivity contribution in [3.63, 3.8) is 0 Å². The minimum atomic E-state index is -0.272. The van der Waals surface area contributed by atoms with Gasteiger partial charge in [0.1, 0.15) is 5.82 Å². The van der Waals surface area contributed by atoms with Crippen LogP contribution >= 0.6 is 0 Å². The third-order valence-electron chi connectivity index (χ3n) is 4.54. The molecular weight excluding hydrogens is 303 g/mol. The van der Waals surface area contributed by atoms with Gasteiger partial charge in [-0.25, -0.2) is 4.39 Å². The van der Waals surface area contributed by atoms with Crippen LogP contribution in [0.5, 0.6) is 0 Å². The van der Waals surface area contributed by atoms with Crippen LogP contribution in [-0.2, 0) is 6.54 Å². The van der Waals surface area contributed by atoms with Gasteiger partial charge in [-0.15, -0.1) is 0 Å². The lowest BCUT2D eigenvalue weighted by atomic mass is 10.1. The smallest absolute Gasteiger partial charge is 0.251 e. The lowest BCUT2D eigenvalue weighted by molar-refractivity contribution is 0.0940. The molecule has 1 N–H and O–H groups in total. The van der Waals surface area contributed by atoms with Gasteiger partial charge in [-0.1, -0.05) is 24.3 Å². The van der Waals surface area contributed by atoms with Crippen LogP contribution in [0.1, 0.15) is 47.3 Å². The van der Waals surface area contributed by atoms with Crippen molar-refractivity contribution < 1.29 is 9.18 Å². The Balaban J connectivity index is 1.59. The first-order valence-corrected chi connectivity index (χ1v) is 8.49. The average molecular weight is 326 g/mol. The molecule has 24 heavy (non-hydrogen) atoms. The highest BCUT2D eigenvalue weighted by atomic mass is 19.1. The Morgan fingerprint density at radius 2 is 1.71 bits per heavy atom. The minimum absolute atomic E-state index is 0.112. The predicted molar refractivity (Wildman–Crippen MR) is 93.2 cm³/mol. The Kier molecular flexibility index (Phi) is 5.26. The molecule has 1 saturated heterocycles. The summed E-state index contributed by atoms with van der Waals surface area (Å²) >= 11 is 0. The molecule has 0 aliphatic carbocycles. The lowest BCUT2D eigenvalue weighted by Crippen LogP contribution is -2.26. The number of carbonyl (C=O) groups is 1. The molecule has 1 aliphatic heterocycles. The van der Waals surface area contributed by atoms with Crippen molar-refractivity contribution in [2.24, 2.45) is 0 Å². The van der Waals surface area contributed by atoms with E-state index in [1.165, 1.54) is 30.5 Å². The highest BCUT2D eigenvalue weighted by Crippen LogP contribution is 2.16. The van der Waals surface area contributed by atoms with Crippen LogP contribution in [0.4, 0.5) is 4.39 Å². The molecule has 0 radical (unpaired) electrons. The van der Waals surface area contributed by atoms with Gasteiger partial charge in [0.15, 0.2) is 0 Å². The molecule has 3 nitrogen and oxygen atoms in total. The molecule has 2 aromatic carbocycles. The second kappa shape index (κ2) is 7.58. The number of rotatable bonds is 5. The maximum atomic E-state index is 13.0. The van der Waals surface area contributed by atoms with Gasteiger partial charge in [-0.05, 0) is 68.2 Å². The van der Waals surface area contributed by atoms with Gasteiger partial charge in [0.05, 0.1) is 6.04 Å². The molecule has 1 heterocycles. The van der Waals surface area contributed by atoms with Gasteiger partial charge < -0.3 is 5.32 Å². The Bertz CT molecular complexity index is 676. The first kappa shape index (κ1) is 16.7. The molecule has 0 spiro atoms. The van der Waals surface area contributed by atoms with Crippen molar-refractivity contribution in [1.82, 2.24) is 10.2 Å². The Morgan fingerprint density at radius 1 is 1.08 bits per heavy atom. The van der Waals surface area contributed by atoms with Crippen molar-refractivity contribution in [3.8, 4) is 0 Å². The van der Waals surface area contributed by atoms with Gasteiger partial charge >= 0.3 is 0 Å². The third kappa shape index (κ3) is 4.20. The summed E-state index contributed by atoms with van der Waals surface area (Å²) in [5.74, 6) is -0.384. The number of hydrogen-bond acceptors (Lipinski definition) is 2. The fourth-order valence-electron chi connectivity index (χ4n) is 3.08. The fraction of sp³-hybridized carbons (Fsp3) is 0.350. The number of benzene rings is 2. The lowest BCUT2D eigenvalue weighted by Gasteiger charge is -2.16. The van der Waals surface area contributed by atoms with Crippen molar-refractivity contribution in [1.29, 1.82) is 0 Å². The van der Waals surface area contributed by atoms with E-state index in [1.54, 1.807) is 12.1 Å². The van der Waals surface area contributed by atoms with Crippen molar-refractivity contribution in [2.45, 2.75) is 32.4 Å². The molecule has 3 rings (SSSR count). The minimum Gasteiger partial charge on any atom is -0.346 e. The largest absolute Gasteiger partial charge is 0.346 e. The van der Waals surface area contributed by atoms with E-state index >= 15 is 0 Å². The predicted octanol–water partition coefficient (Wildman–Crippen LogP) is 3.91. The molecule has 0 saturated carbocycles. The highest BCUT2D eigenvalue weighted by molar-refractivity contribution is 5.94. The van der Waals surface area contributed by atoms with E-state index in [0.29, 0.717) is 5.56 Å². The topological polar surface area (TPSA) is 32.3 Å². The van der Waals surface area contributed by atoms with Gasteiger partial charge in [0, 0.05) is 12.1 Å². The van der Waals surface area contributed by atoms with Crippen LogP contribution in [0, 0.1) is 5.82 Å². The standard InChI is InChI=1S/C20H23FN2O/c1-15(17-8-10-19(21)11-9-17)22-20(24)18-6-4-16(5-7-18)14-23-12-2-3-13-23/h4-11,15H,2-3,12-14H2,1H3,(H,22,24). The van der Waals surface area contributed by atoms with E-state index in [-0.39, 0.29) is 17.8 Å². The number of nitrogens with zero attached hydrogens (tertiary/aromatic N) is 1. The van der Waals surface area contributed by atoms with Crippen molar-refractivity contribution in [2.75, 3.05) is 13.1 Å². The zero-order valence-electron chi connectivity index (χ0n) is 14.0.